The third-order valence-electron chi connectivity index (χ3n) is 5.57. The van der Waals surface area contributed by atoms with E-state index in [0.29, 0.717) is 0 Å². The average Bonchev–Trinajstić information content (AvgIpc) is 2.93. The minimum Gasteiger partial charge on any atom is -0.304 e. The zero-order valence-corrected chi connectivity index (χ0v) is 14.2. The molecule has 1 atom stereocenters. The maximum absolute atomic E-state index is 4.33. The summed E-state index contributed by atoms with van der Waals surface area (Å²) in [6.07, 6.45) is 7.77. The Morgan fingerprint density at radius 1 is 1.14 bits per heavy atom. The van der Waals surface area contributed by atoms with Crippen molar-refractivity contribution in [3.63, 3.8) is 0 Å². The molecule has 2 fully saturated rings. The van der Waals surface area contributed by atoms with Crippen molar-refractivity contribution in [3.8, 4) is 0 Å². The van der Waals surface area contributed by atoms with E-state index in [4.69, 9.17) is 0 Å². The van der Waals surface area contributed by atoms with Crippen molar-refractivity contribution >= 4 is 0 Å². The molecule has 4 nitrogen and oxygen atoms in total. The SMILES string of the molecule is CN1CCN(CCCN2CCCC2(C)c2cccnc2)CC1. The van der Waals surface area contributed by atoms with Crippen LogP contribution in [0.1, 0.15) is 31.7 Å². The molecule has 0 radical (unpaired) electrons. The maximum Gasteiger partial charge on any atom is 0.0448 e. The van der Waals surface area contributed by atoms with Crippen LogP contribution in [0.4, 0.5) is 0 Å². The predicted octanol–water partition coefficient (Wildman–Crippen LogP) is 2.03. The van der Waals surface area contributed by atoms with E-state index < -0.39 is 0 Å². The van der Waals surface area contributed by atoms with Gasteiger partial charge in [-0.15, -0.1) is 0 Å². The molecule has 2 aliphatic heterocycles. The van der Waals surface area contributed by atoms with Gasteiger partial charge in [0.1, 0.15) is 0 Å². The first-order chi connectivity index (χ1) is 10.7. The molecule has 122 valence electrons. The summed E-state index contributed by atoms with van der Waals surface area (Å²) in [5, 5.41) is 0. The monoisotopic (exact) mass is 302 g/mol. The number of hydrogen-bond acceptors (Lipinski definition) is 4. The lowest BCUT2D eigenvalue weighted by atomic mass is 9.90. The molecule has 2 saturated heterocycles. The number of likely N-dealkylation sites (N-methyl/N-ethyl adjacent to an activating group) is 1. The summed E-state index contributed by atoms with van der Waals surface area (Å²) in [4.78, 5) is 12.1. The molecule has 4 heteroatoms. The number of likely N-dealkylation sites (tertiary alicyclic amines) is 1. The molecule has 0 spiro atoms. The molecule has 2 aliphatic rings. The Morgan fingerprint density at radius 3 is 2.68 bits per heavy atom. The second kappa shape index (κ2) is 7.07. The summed E-state index contributed by atoms with van der Waals surface area (Å²) in [6, 6.07) is 4.31. The standard InChI is InChI=1S/C18H30N4/c1-18(17-6-3-8-19-16-17)7-4-10-22(18)11-5-9-21-14-12-20(2)13-15-21/h3,6,8,16H,4-5,7,9-15H2,1-2H3. The Labute approximate surface area is 135 Å². The summed E-state index contributed by atoms with van der Waals surface area (Å²) in [5.74, 6) is 0. The van der Waals surface area contributed by atoms with Crippen LogP contribution >= 0.6 is 0 Å². The van der Waals surface area contributed by atoms with Gasteiger partial charge in [-0.05, 0) is 58.0 Å². The van der Waals surface area contributed by atoms with Crippen LogP contribution in [0.15, 0.2) is 24.5 Å². The predicted molar refractivity (Wildman–Crippen MR) is 91.0 cm³/mol. The molecule has 1 aromatic rings. The molecule has 0 amide bonds. The van der Waals surface area contributed by atoms with Crippen LogP contribution in [0, 0.1) is 0 Å². The topological polar surface area (TPSA) is 22.6 Å². The highest BCUT2D eigenvalue weighted by atomic mass is 15.3. The lowest BCUT2D eigenvalue weighted by Crippen LogP contribution is -2.45. The van der Waals surface area contributed by atoms with Crippen LogP contribution in [0.25, 0.3) is 0 Å². The zero-order valence-electron chi connectivity index (χ0n) is 14.2. The highest BCUT2D eigenvalue weighted by Crippen LogP contribution is 2.37. The molecule has 0 N–H and O–H groups in total. The van der Waals surface area contributed by atoms with Gasteiger partial charge in [0, 0.05) is 50.7 Å². The van der Waals surface area contributed by atoms with Gasteiger partial charge in [0.15, 0.2) is 0 Å². The van der Waals surface area contributed by atoms with Gasteiger partial charge in [0.05, 0.1) is 0 Å². The fraction of sp³-hybridized carbons (Fsp3) is 0.722. The van der Waals surface area contributed by atoms with Crippen LogP contribution in [-0.4, -0.2) is 72.5 Å². The van der Waals surface area contributed by atoms with Gasteiger partial charge in [-0.25, -0.2) is 0 Å². The molecule has 0 bridgehead atoms. The molecule has 22 heavy (non-hydrogen) atoms. The number of piperazine rings is 1. The molecule has 1 aromatic heterocycles. The van der Waals surface area contributed by atoms with Crippen molar-refractivity contribution in [2.75, 3.05) is 52.9 Å². The van der Waals surface area contributed by atoms with Crippen LogP contribution in [0.5, 0.6) is 0 Å². The summed E-state index contributed by atoms with van der Waals surface area (Å²) in [5.41, 5.74) is 1.57. The van der Waals surface area contributed by atoms with Gasteiger partial charge < -0.3 is 9.80 Å². The average molecular weight is 302 g/mol. The van der Waals surface area contributed by atoms with Crippen LogP contribution < -0.4 is 0 Å². The van der Waals surface area contributed by atoms with Gasteiger partial charge in [-0.2, -0.15) is 0 Å². The van der Waals surface area contributed by atoms with Gasteiger partial charge in [-0.3, -0.25) is 9.88 Å². The molecular weight excluding hydrogens is 272 g/mol. The van der Waals surface area contributed by atoms with Crippen molar-refractivity contribution in [3.05, 3.63) is 30.1 Å². The fourth-order valence-corrected chi connectivity index (χ4v) is 3.94. The molecule has 0 saturated carbocycles. The van der Waals surface area contributed by atoms with Crippen molar-refractivity contribution < 1.29 is 0 Å². The number of nitrogens with zero attached hydrogens (tertiary/aromatic N) is 4. The van der Waals surface area contributed by atoms with E-state index >= 15 is 0 Å². The lowest BCUT2D eigenvalue weighted by Gasteiger charge is -2.37. The normalized spacial score (nSPS) is 28.3. The van der Waals surface area contributed by atoms with Crippen molar-refractivity contribution in [2.24, 2.45) is 0 Å². The third-order valence-corrected chi connectivity index (χ3v) is 5.57. The van der Waals surface area contributed by atoms with E-state index in [-0.39, 0.29) is 5.54 Å². The molecular formula is C18H30N4. The minimum absolute atomic E-state index is 0.191. The van der Waals surface area contributed by atoms with E-state index in [9.17, 15) is 0 Å². The molecule has 3 heterocycles. The third kappa shape index (κ3) is 3.50. The highest BCUT2D eigenvalue weighted by molar-refractivity contribution is 5.21. The highest BCUT2D eigenvalue weighted by Gasteiger charge is 2.37. The van der Waals surface area contributed by atoms with E-state index in [1.54, 1.807) is 0 Å². The number of pyridine rings is 1. The first kappa shape index (κ1) is 15.9. The van der Waals surface area contributed by atoms with Gasteiger partial charge >= 0.3 is 0 Å². The molecule has 3 rings (SSSR count). The summed E-state index contributed by atoms with van der Waals surface area (Å²) in [7, 11) is 2.22. The number of hydrogen-bond donors (Lipinski definition) is 0. The van der Waals surface area contributed by atoms with Crippen LogP contribution in [-0.2, 0) is 5.54 Å². The maximum atomic E-state index is 4.33. The molecule has 0 aliphatic carbocycles. The van der Waals surface area contributed by atoms with Crippen molar-refractivity contribution in [2.45, 2.75) is 31.7 Å². The van der Waals surface area contributed by atoms with Gasteiger partial charge in [-0.1, -0.05) is 6.07 Å². The largest absolute Gasteiger partial charge is 0.304 e. The van der Waals surface area contributed by atoms with Crippen LogP contribution in [0.3, 0.4) is 0 Å². The summed E-state index contributed by atoms with van der Waals surface area (Å²) >= 11 is 0. The Balaban J connectivity index is 1.51. The van der Waals surface area contributed by atoms with E-state index in [2.05, 4.69) is 52.0 Å². The Hall–Kier alpha value is -0.970. The smallest absolute Gasteiger partial charge is 0.0448 e. The van der Waals surface area contributed by atoms with E-state index in [0.717, 1.165) is 0 Å². The second-order valence-corrected chi connectivity index (χ2v) is 7.10. The number of rotatable bonds is 5. The summed E-state index contributed by atoms with van der Waals surface area (Å²) < 4.78 is 0. The lowest BCUT2D eigenvalue weighted by molar-refractivity contribution is 0.124. The summed E-state index contributed by atoms with van der Waals surface area (Å²) in [6.45, 7) is 11.0. The van der Waals surface area contributed by atoms with Crippen LogP contribution in [0.2, 0.25) is 0 Å². The first-order valence-corrected chi connectivity index (χ1v) is 8.75. The molecule has 1 unspecified atom stereocenters. The van der Waals surface area contributed by atoms with E-state index in [1.165, 1.54) is 70.6 Å². The van der Waals surface area contributed by atoms with Crippen molar-refractivity contribution in [1.82, 2.24) is 19.7 Å². The van der Waals surface area contributed by atoms with Crippen molar-refractivity contribution in [1.29, 1.82) is 0 Å². The first-order valence-electron chi connectivity index (χ1n) is 8.75. The number of aromatic nitrogens is 1. The van der Waals surface area contributed by atoms with Gasteiger partial charge in [0.2, 0.25) is 0 Å². The Kier molecular flexibility index (Phi) is 5.11. The quantitative estimate of drug-likeness (QED) is 0.830. The second-order valence-electron chi connectivity index (χ2n) is 7.10. The van der Waals surface area contributed by atoms with Gasteiger partial charge in [0.25, 0.3) is 0 Å². The fourth-order valence-electron chi connectivity index (χ4n) is 3.94. The Bertz CT molecular complexity index is 455. The molecule has 0 aromatic carbocycles. The minimum atomic E-state index is 0.191. The Morgan fingerprint density at radius 2 is 1.95 bits per heavy atom. The van der Waals surface area contributed by atoms with E-state index in [1.807, 2.05) is 6.20 Å². The zero-order chi connectivity index (χ0) is 15.4.